The first-order chi connectivity index (χ1) is 8.84. The summed E-state index contributed by atoms with van der Waals surface area (Å²) in [5, 5.41) is 4.36. The quantitative estimate of drug-likeness (QED) is 0.817. The summed E-state index contributed by atoms with van der Waals surface area (Å²) >= 11 is 0. The Balaban J connectivity index is 2.45. The average Bonchev–Trinajstić information content (AvgIpc) is 2.67. The van der Waals surface area contributed by atoms with Crippen LogP contribution in [0, 0.1) is 0 Å². The molecule has 0 amide bonds. The lowest BCUT2D eigenvalue weighted by Gasteiger charge is -2.32. The number of anilines is 2. The van der Waals surface area contributed by atoms with E-state index in [1.807, 2.05) is 18.9 Å². The Morgan fingerprint density at radius 3 is 2.32 bits per heavy atom. The van der Waals surface area contributed by atoms with Crippen LogP contribution < -0.4 is 10.6 Å². The third-order valence-corrected chi connectivity index (χ3v) is 4.54. The van der Waals surface area contributed by atoms with Gasteiger partial charge in [0.05, 0.1) is 0 Å². The molecule has 1 aromatic heterocycles. The molecule has 7 nitrogen and oxygen atoms in total. The topological polar surface area (TPSA) is 84.5 Å². The van der Waals surface area contributed by atoms with Gasteiger partial charge in [0.1, 0.15) is 5.82 Å². The van der Waals surface area contributed by atoms with Gasteiger partial charge in [-0.25, -0.2) is 13.1 Å². The van der Waals surface area contributed by atoms with Gasteiger partial charge in [0, 0.05) is 39.0 Å². The summed E-state index contributed by atoms with van der Waals surface area (Å²) in [5.74, 6) is 0.730. The molecule has 2 rings (SSSR count). The standard InChI is InChI=1S/C11H21N5O2S/c1-4-16-10(12)9(19(3,17)18)11(13-16)15-7-5-14(2)6-8-15/h4-8,12H2,1-3H3. The fourth-order valence-electron chi connectivity index (χ4n) is 2.27. The molecule has 0 aromatic carbocycles. The number of rotatable bonds is 3. The fraction of sp³-hybridized carbons (Fsp3) is 0.727. The predicted octanol–water partition coefficient (Wildman–Crippen LogP) is -0.359. The third-order valence-electron chi connectivity index (χ3n) is 3.40. The van der Waals surface area contributed by atoms with Crippen LogP contribution in [0.5, 0.6) is 0 Å². The van der Waals surface area contributed by atoms with Crippen LogP contribution in [-0.2, 0) is 16.4 Å². The monoisotopic (exact) mass is 287 g/mol. The normalized spacial score (nSPS) is 17.9. The first kappa shape index (κ1) is 14.1. The lowest BCUT2D eigenvalue weighted by Crippen LogP contribution is -2.45. The Morgan fingerprint density at radius 1 is 1.26 bits per heavy atom. The first-order valence-electron chi connectivity index (χ1n) is 6.34. The minimum atomic E-state index is -3.38. The summed E-state index contributed by atoms with van der Waals surface area (Å²) in [5.41, 5.74) is 5.92. The van der Waals surface area contributed by atoms with Crippen molar-refractivity contribution >= 4 is 21.5 Å². The Kier molecular flexibility index (Phi) is 3.73. The van der Waals surface area contributed by atoms with Gasteiger partial charge in [0.15, 0.2) is 20.6 Å². The van der Waals surface area contributed by atoms with Crippen molar-refractivity contribution in [3.8, 4) is 0 Å². The van der Waals surface area contributed by atoms with Gasteiger partial charge >= 0.3 is 0 Å². The fourth-order valence-corrected chi connectivity index (χ4v) is 3.25. The number of piperazine rings is 1. The van der Waals surface area contributed by atoms with E-state index < -0.39 is 9.84 Å². The zero-order chi connectivity index (χ0) is 14.2. The molecule has 1 aliphatic rings. The van der Waals surface area contributed by atoms with E-state index in [1.54, 1.807) is 4.68 Å². The molecule has 19 heavy (non-hydrogen) atoms. The van der Waals surface area contributed by atoms with Crippen LogP contribution in [0.3, 0.4) is 0 Å². The van der Waals surface area contributed by atoms with Gasteiger partial charge in [-0.1, -0.05) is 0 Å². The van der Waals surface area contributed by atoms with Crippen LogP contribution in [0.15, 0.2) is 4.90 Å². The highest BCUT2D eigenvalue weighted by atomic mass is 32.2. The Hall–Kier alpha value is -1.28. The Labute approximate surface area is 113 Å². The van der Waals surface area contributed by atoms with Crippen molar-refractivity contribution in [2.75, 3.05) is 50.1 Å². The van der Waals surface area contributed by atoms with Crippen LogP contribution in [0.1, 0.15) is 6.92 Å². The first-order valence-corrected chi connectivity index (χ1v) is 8.23. The van der Waals surface area contributed by atoms with Crippen molar-refractivity contribution in [3.63, 3.8) is 0 Å². The molecule has 0 saturated carbocycles. The van der Waals surface area contributed by atoms with E-state index >= 15 is 0 Å². The lowest BCUT2D eigenvalue weighted by atomic mass is 10.3. The van der Waals surface area contributed by atoms with Crippen LogP contribution in [-0.4, -0.2) is 62.6 Å². The van der Waals surface area contributed by atoms with E-state index in [9.17, 15) is 8.42 Å². The molecule has 0 spiro atoms. The maximum Gasteiger partial charge on any atom is 0.182 e. The molecule has 1 fully saturated rings. The van der Waals surface area contributed by atoms with Crippen molar-refractivity contribution in [1.82, 2.24) is 14.7 Å². The van der Waals surface area contributed by atoms with Crippen molar-refractivity contribution < 1.29 is 8.42 Å². The largest absolute Gasteiger partial charge is 0.383 e. The Bertz CT molecular complexity index is 558. The summed E-state index contributed by atoms with van der Waals surface area (Å²) < 4.78 is 25.4. The second-order valence-corrected chi connectivity index (χ2v) is 6.87. The van der Waals surface area contributed by atoms with Gasteiger partial charge in [-0.05, 0) is 14.0 Å². The molecule has 1 aliphatic heterocycles. The lowest BCUT2D eigenvalue weighted by molar-refractivity contribution is 0.311. The molecule has 8 heteroatoms. The summed E-state index contributed by atoms with van der Waals surface area (Å²) in [6.45, 7) is 5.76. The number of sulfone groups is 1. The number of likely N-dealkylation sites (N-methyl/N-ethyl adjacent to an activating group) is 1. The van der Waals surface area contributed by atoms with Gasteiger partial charge in [-0.15, -0.1) is 0 Å². The predicted molar refractivity (Wildman–Crippen MR) is 75.1 cm³/mol. The van der Waals surface area contributed by atoms with Gasteiger partial charge in [0.2, 0.25) is 0 Å². The number of aromatic nitrogens is 2. The maximum absolute atomic E-state index is 11.9. The van der Waals surface area contributed by atoms with Crippen LogP contribution >= 0.6 is 0 Å². The van der Waals surface area contributed by atoms with Crippen molar-refractivity contribution in [2.45, 2.75) is 18.4 Å². The number of hydrogen-bond donors (Lipinski definition) is 1. The molecule has 2 N–H and O–H groups in total. The molecule has 0 atom stereocenters. The molecule has 0 bridgehead atoms. The highest BCUT2D eigenvalue weighted by Crippen LogP contribution is 2.30. The van der Waals surface area contributed by atoms with Crippen molar-refractivity contribution in [2.24, 2.45) is 0 Å². The van der Waals surface area contributed by atoms with Crippen LogP contribution in [0.4, 0.5) is 11.6 Å². The molecule has 108 valence electrons. The highest BCUT2D eigenvalue weighted by Gasteiger charge is 2.28. The third kappa shape index (κ3) is 2.69. The smallest absolute Gasteiger partial charge is 0.182 e. The molecule has 0 aliphatic carbocycles. The van der Waals surface area contributed by atoms with E-state index in [0.29, 0.717) is 12.4 Å². The second-order valence-electron chi connectivity index (χ2n) is 4.92. The van der Waals surface area contributed by atoms with Crippen molar-refractivity contribution in [3.05, 3.63) is 0 Å². The molecule has 1 saturated heterocycles. The van der Waals surface area contributed by atoms with Crippen LogP contribution in [0.25, 0.3) is 0 Å². The number of nitrogens with two attached hydrogens (primary N) is 1. The number of aryl methyl sites for hydroxylation is 1. The minimum Gasteiger partial charge on any atom is -0.383 e. The van der Waals surface area contributed by atoms with Crippen LogP contribution in [0.2, 0.25) is 0 Å². The van der Waals surface area contributed by atoms with E-state index in [-0.39, 0.29) is 10.7 Å². The Morgan fingerprint density at radius 2 is 1.84 bits per heavy atom. The zero-order valence-corrected chi connectivity index (χ0v) is 12.4. The molecule has 2 heterocycles. The van der Waals surface area contributed by atoms with E-state index in [4.69, 9.17) is 5.73 Å². The molecule has 0 radical (unpaired) electrons. The summed E-state index contributed by atoms with van der Waals surface area (Å²) in [4.78, 5) is 4.37. The summed E-state index contributed by atoms with van der Waals surface area (Å²) in [6, 6.07) is 0. The molecular weight excluding hydrogens is 266 g/mol. The molecule has 0 unspecified atom stereocenters. The van der Waals surface area contributed by atoms with E-state index in [0.717, 1.165) is 26.2 Å². The van der Waals surface area contributed by atoms with E-state index in [1.165, 1.54) is 6.26 Å². The maximum atomic E-state index is 11.9. The number of nitrogens with zero attached hydrogens (tertiary/aromatic N) is 4. The SMILES string of the molecule is CCn1nc(N2CCN(C)CC2)c(S(C)(=O)=O)c1N. The second kappa shape index (κ2) is 5.01. The van der Waals surface area contributed by atoms with Gasteiger partial charge in [-0.2, -0.15) is 5.10 Å². The van der Waals surface area contributed by atoms with Gasteiger partial charge in [0.25, 0.3) is 0 Å². The average molecular weight is 287 g/mol. The van der Waals surface area contributed by atoms with Gasteiger partial charge in [-0.3, -0.25) is 0 Å². The van der Waals surface area contributed by atoms with Gasteiger partial charge < -0.3 is 15.5 Å². The molecular formula is C11H21N5O2S. The number of hydrogen-bond acceptors (Lipinski definition) is 6. The van der Waals surface area contributed by atoms with E-state index in [2.05, 4.69) is 10.00 Å². The highest BCUT2D eigenvalue weighted by molar-refractivity contribution is 7.91. The number of nitrogen functional groups attached to an aromatic ring is 1. The minimum absolute atomic E-state index is 0.166. The summed E-state index contributed by atoms with van der Waals surface area (Å²) in [7, 11) is -1.33. The zero-order valence-electron chi connectivity index (χ0n) is 11.6. The molecule has 1 aromatic rings. The van der Waals surface area contributed by atoms with Crippen molar-refractivity contribution in [1.29, 1.82) is 0 Å². The summed E-state index contributed by atoms with van der Waals surface area (Å²) in [6.07, 6.45) is 1.18.